The van der Waals surface area contributed by atoms with Crippen molar-refractivity contribution in [3.63, 3.8) is 0 Å². The van der Waals surface area contributed by atoms with Gasteiger partial charge in [0.05, 0.1) is 19.0 Å². The summed E-state index contributed by atoms with van der Waals surface area (Å²) in [5.74, 6) is 0.684. The van der Waals surface area contributed by atoms with Gasteiger partial charge in [-0.05, 0) is 13.8 Å². The quantitative estimate of drug-likeness (QED) is 0.561. The van der Waals surface area contributed by atoms with Crippen molar-refractivity contribution in [2.75, 3.05) is 16.9 Å². The highest BCUT2D eigenvalue weighted by molar-refractivity contribution is 5.69. The topological polar surface area (TPSA) is 73.0 Å². The molecular weight excluding hydrogens is 206 g/mol. The molecule has 0 aromatic carbocycles. The van der Waals surface area contributed by atoms with Crippen LogP contribution in [0, 0.1) is 0 Å². The van der Waals surface area contributed by atoms with Gasteiger partial charge in [-0.2, -0.15) is 0 Å². The van der Waals surface area contributed by atoms with Gasteiger partial charge in [-0.1, -0.05) is 0 Å². The second-order valence-corrected chi connectivity index (χ2v) is 4.47. The molecule has 6 nitrogen and oxygen atoms in total. The summed E-state index contributed by atoms with van der Waals surface area (Å²) in [5.41, 5.74) is 0.577. The van der Waals surface area contributed by atoms with Crippen LogP contribution in [0.2, 0.25) is 0 Å². The van der Waals surface area contributed by atoms with Crippen molar-refractivity contribution in [3.05, 3.63) is 16.7 Å². The molecule has 3 atom stereocenters. The van der Waals surface area contributed by atoms with E-state index < -0.39 is 0 Å². The molecule has 0 spiro atoms. The van der Waals surface area contributed by atoms with Gasteiger partial charge in [0.25, 0.3) is 5.56 Å². The van der Waals surface area contributed by atoms with E-state index in [1.165, 1.54) is 6.33 Å². The SMILES string of the molecule is C[C@@H]1Nc2nc[nH]c(=O)c2N2CN[C@H](C)C12. The van der Waals surface area contributed by atoms with Crippen LogP contribution in [-0.2, 0) is 0 Å². The molecule has 16 heavy (non-hydrogen) atoms. The maximum Gasteiger partial charge on any atom is 0.276 e. The average Bonchev–Trinajstić information content (AvgIpc) is 2.61. The molecule has 6 heteroatoms. The van der Waals surface area contributed by atoms with Crippen LogP contribution in [0.25, 0.3) is 0 Å². The Morgan fingerprint density at radius 1 is 1.44 bits per heavy atom. The zero-order valence-electron chi connectivity index (χ0n) is 9.32. The van der Waals surface area contributed by atoms with Crippen LogP contribution in [0.1, 0.15) is 13.8 Å². The number of nitrogens with zero attached hydrogens (tertiary/aromatic N) is 2. The third kappa shape index (κ3) is 1.16. The number of rotatable bonds is 0. The number of nitrogens with one attached hydrogen (secondary N) is 3. The standard InChI is InChI=1S/C10H15N5O/c1-5-7-6(2)14-9-8(15(7)4-13-5)10(16)12-3-11-9/h3,5-7,13H,4H2,1-2H3,(H2,11,12,14,16)/t5-,6+,7?/m1/s1. The summed E-state index contributed by atoms with van der Waals surface area (Å²) in [7, 11) is 0. The number of aromatic nitrogens is 2. The molecule has 3 N–H and O–H groups in total. The molecule has 3 rings (SSSR count). The normalized spacial score (nSPS) is 31.9. The largest absolute Gasteiger partial charge is 0.364 e. The minimum atomic E-state index is -0.0784. The molecule has 3 heterocycles. The van der Waals surface area contributed by atoms with Crippen LogP contribution in [-0.4, -0.2) is 34.8 Å². The molecule has 0 saturated carbocycles. The third-order valence-corrected chi connectivity index (χ3v) is 3.45. The molecule has 1 saturated heterocycles. The predicted octanol–water partition coefficient (Wildman–Crippen LogP) is -0.292. The molecule has 2 aliphatic heterocycles. The van der Waals surface area contributed by atoms with E-state index in [-0.39, 0.29) is 11.6 Å². The Hall–Kier alpha value is -1.56. The first-order valence-electron chi connectivity index (χ1n) is 5.52. The fraction of sp³-hybridized carbons (Fsp3) is 0.600. The molecule has 0 aliphatic carbocycles. The van der Waals surface area contributed by atoms with Crippen molar-refractivity contribution in [1.29, 1.82) is 0 Å². The van der Waals surface area contributed by atoms with Gasteiger partial charge < -0.3 is 15.2 Å². The van der Waals surface area contributed by atoms with Gasteiger partial charge in [0, 0.05) is 12.1 Å². The lowest BCUT2D eigenvalue weighted by Gasteiger charge is -2.38. The van der Waals surface area contributed by atoms with Crippen LogP contribution >= 0.6 is 0 Å². The first kappa shape index (κ1) is 9.65. The fourth-order valence-electron chi connectivity index (χ4n) is 2.74. The molecule has 0 radical (unpaired) electrons. The van der Waals surface area contributed by atoms with Gasteiger partial charge in [-0.25, -0.2) is 4.98 Å². The Labute approximate surface area is 93.1 Å². The lowest BCUT2D eigenvalue weighted by atomic mass is 10.0. The van der Waals surface area contributed by atoms with Crippen molar-refractivity contribution >= 4 is 11.5 Å². The number of hydrogen-bond donors (Lipinski definition) is 3. The van der Waals surface area contributed by atoms with Gasteiger partial charge in [-0.3, -0.25) is 10.1 Å². The number of aromatic amines is 1. The van der Waals surface area contributed by atoms with E-state index in [1.807, 2.05) is 0 Å². The second-order valence-electron chi connectivity index (χ2n) is 4.47. The Balaban J connectivity index is 2.15. The molecule has 0 bridgehead atoms. The summed E-state index contributed by atoms with van der Waals surface area (Å²) in [4.78, 5) is 20.7. The van der Waals surface area contributed by atoms with Gasteiger partial charge in [0.2, 0.25) is 0 Å². The summed E-state index contributed by atoms with van der Waals surface area (Å²) < 4.78 is 0. The number of H-pyrrole nitrogens is 1. The Bertz CT molecular complexity index is 471. The highest BCUT2D eigenvalue weighted by Gasteiger charge is 2.41. The van der Waals surface area contributed by atoms with E-state index in [1.54, 1.807) is 0 Å². The van der Waals surface area contributed by atoms with Crippen molar-refractivity contribution in [2.24, 2.45) is 0 Å². The maximum absolute atomic E-state index is 11.8. The first-order valence-corrected chi connectivity index (χ1v) is 5.52. The van der Waals surface area contributed by atoms with E-state index in [9.17, 15) is 4.79 Å². The Kier molecular flexibility index (Phi) is 1.94. The van der Waals surface area contributed by atoms with Gasteiger partial charge in [-0.15, -0.1) is 0 Å². The molecule has 0 amide bonds. The van der Waals surface area contributed by atoms with Crippen LogP contribution < -0.4 is 21.1 Å². The molecular formula is C10H15N5O. The summed E-state index contributed by atoms with van der Waals surface area (Å²) in [6.45, 7) is 4.96. The molecule has 86 valence electrons. The fourth-order valence-corrected chi connectivity index (χ4v) is 2.74. The van der Waals surface area contributed by atoms with E-state index in [4.69, 9.17) is 0 Å². The molecule has 1 unspecified atom stereocenters. The molecule has 2 aliphatic rings. The highest BCUT2D eigenvalue weighted by atomic mass is 16.1. The van der Waals surface area contributed by atoms with Crippen LogP contribution in [0.4, 0.5) is 11.5 Å². The summed E-state index contributed by atoms with van der Waals surface area (Å²) in [6.07, 6.45) is 1.44. The summed E-state index contributed by atoms with van der Waals surface area (Å²) in [6, 6.07) is 0.958. The molecule has 1 fully saturated rings. The van der Waals surface area contributed by atoms with Crippen molar-refractivity contribution in [3.8, 4) is 0 Å². The van der Waals surface area contributed by atoms with Crippen molar-refractivity contribution in [1.82, 2.24) is 15.3 Å². The first-order chi connectivity index (χ1) is 7.68. The van der Waals surface area contributed by atoms with Gasteiger partial charge in [0.1, 0.15) is 5.69 Å². The average molecular weight is 221 g/mol. The lowest BCUT2D eigenvalue weighted by molar-refractivity contribution is 0.507. The number of fused-ring (bicyclic) bond motifs is 3. The van der Waals surface area contributed by atoms with E-state index >= 15 is 0 Å². The van der Waals surface area contributed by atoms with Crippen molar-refractivity contribution < 1.29 is 0 Å². The minimum absolute atomic E-state index is 0.0784. The molecule has 1 aromatic heterocycles. The van der Waals surface area contributed by atoms with Crippen LogP contribution in [0.15, 0.2) is 11.1 Å². The Morgan fingerprint density at radius 3 is 3.06 bits per heavy atom. The minimum Gasteiger partial charge on any atom is -0.364 e. The van der Waals surface area contributed by atoms with Crippen LogP contribution in [0.5, 0.6) is 0 Å². The van der Waals surface area contributed by atoms with Crippen LogP contribution in [0.3, 0.4) is 0 Å². The van der Waals surface area contributed by atoms with E-state index in [0.717, 1.165) is 0 Å². The molecule has 1 aromatic rings. The predicted molar refractivity (Wildman–Crippen MR) is 61.7 cm³/mol. The maximum atomic E-state index is 11.8. The van der Waals surface area contributed by atoms with Gasteiger partial charge >= 0.3 is 0 Å². The summed E-state index contributed by atoms with van der Waals surface area (Å²) in [5, 5.41) is 6.66. The van der Waals surface area contributed by atoms with Gasteiger partial charge in [0.15, 0.2) is 5.82 Å². The van der Waals surface area contributed by atoms with E-state index in [2.05, 4.69) is 39.3 Å². The third-order valence-electron chi connectivity index (χ3n) is 3.45. The van der Waals surface area contributed by atoms with E-state index in [0.29, 0.717) is 30.3 Å². The lowest BCUT2D eigenvalue weighted by Crippen LogP contribution is -2.52. The zero-order chi connectivity index (χ0) is 11.3. The Morgan fingerprint density at radius 2 is 2.25 bits per heavy atom. The number of hydrogen-bond acceptors (Lipinski definition) is 5. The zero-order valence-corrected chi connectivity index (χ0v) is 9.32. The second kappa shape index (κ2) is 3.21. The monoisotopic (exact) mass is 221 g/mol. The smallest absolute Gasteiger partial charge is 0.276 e. The number of anilines is 2. The summed E-state index contributed by atoms with van der Waals surface area (Å²) >= 11 is 0. The highest BCUT2D eigenvalue weighted by Crippen LogP contribution is 2.31. The van der Waals surface area contributed by atoms with Crippen molar-refractivity contribution in [2.45, 2.75) is 32.0 Å².